The molecule has 0 radical (unpaired) electrons. The fraction of sp³-hybridized carbons (Fsp3) is 0.174. The molecule has 1 aromatic heterocycles. The first kappa shape index (κ1) is 22.0. The second-order valence-electron chi connectivity index (χ2n) is 6.72. The topological polar surface area (TPSA) is 96.5 Å². The van der Waals surface area contributed by atoms with E-state index in [1.165, 1.54) is 11.3 Å². The zero-order chi connectivity index (χ0) is 22.1. The standard InChI is InChI=1S/C23H23N3O4S/c1-16-4-2-5-19(14-16)30-15-21(27)26-18-9-7-17(8-10-18)22(28)24-11-12-25-23(29)20-6-3-13-31-20/h2-10,13-14H,11-12,15H2,1H3,(H,24,28)(H,25,29)(H,26,27). The molecule has 0 aliphatic heterocycles. The molecule has 3 aromatic rings. The molecule has 0 fully saturated rings. The molecular formula is C23H23N3O4S. The highest BCUT2D eigenvalue weighted by Gasteiger charge is 2.09. The molecule has 3 N–H and O–H groups in total. The van der Waals surface area contributed by atoms with Gasteiger partial charge in [-0.1, -0.05) is 18.2 Å². The minimum atomic E-state index is -0.291. The molecule has 7 nitrogen and oxygen atoms in total. The molecule has 1 heterocycles. The third-order valence-electron chi connectivity index (χ3n) is 4.23. The Morgan fingerprint density at radius 3 is 2.32 bits per heavy atom. The Hall–Kier alpha value is -3.65. The summed E-state index contributed by atoms with van der Waals surface area (Å²) in [6.07, 6.45) is 0. The highest BCUT2D eigenvalue weighted by atomic mass is 32.1. The van der Waals surface area contributed by atoms with Crippen LogP contribution in [-0.2, 0) is 4.79 Å². The van der Waals surface area contributed by atoms with Crippen LogP contribution in [0.15, 0.2) is 66.0 Å². The van der Waals surface area contributed by atoms with E-state index in [4.69, 9.17) is 4.74 Å². The lowest BCUT2D eigenvalue weighted by atomic mass is 10.2. The predicted molar refractivity (Wildman–Crippen MR) is 121 cm³/mol. The Balaban J connectivity index is 1.39. The van der Waals surface area contributed by atoms with E-state index in [0.717, 1.165) is 5.56 Å². The minimum absolute atomic E-state index is 0.108. The van der Waals surface area contributed by atoms with Crippen LogP contribution >= 0.6 is 11.3 Å². The van der Waals surface area contributed by atoms with E-state index < -0.39 is 0 Å². The van der Waals surface area contributed by atoms with E-state index in [9.17, 15) is 14.4 Å². The van der Waals surface area contributed by atoms with Crippen molar-refractivity contribution in [2.45, 2.75) is 6.92 Å². The van der Waals surface area contributed by atoms with Crippen LogP contribution in [-0.4, -0.2) is 37.4 Å². The maximum atomic E-state index is 12.2. The third kappa shape index (κ3) is 6.97. The third-order valence-corrected chi connectivity index (χ3v) is 5.10. The van der Waals surface area contributed by atoms with Gasteiger partial charge in [0.1, 0.15) is 5.75 Å². The van der Waals surface area contributed by atoms with Gasteiger partial charge in [0, 0.05) is 24.3 Å². The zero-order valence-corrected chi connectivity index (χ0v) is 17.8. The van der Waals surface area contributed by atoms with Crippen molar-refractivity contribution in [1.29, 1.82) is 0 Å². The summed E-state index contributed by atoms with van der Waals surface area (Å²) in [7, 11) is 0. The van der Waals surface area contributed by atoms with Crippen LogP contribution in [0.5, 0.6) is 5.75 Å². The van der Waals surface area contributed by atoms with Gasteiger partial charge in [0.2, 0.25) is 0 Å². The molecule has 2 aromatic carbocycles. The molecule has 0 spiro atoms. The van der Waals surface area contributed by atoms with Crippen molar-refractivity contribution in [3.05, 3.63) is 82.0 Å². The monoisotopic (exact) mass is 437 g/mol. The molecule has 0 saturated carbocycles. The lowest BCUT2D eigenvalue weighted by Crippen LogP contribution is -2.34. The molecule has 31 heavy (non-hydrogen) atoms. The van der Waals surface area contributed by atoms with Gasteiger partial charge < -0.3 is 20.7 Å². The van der Waals surface area contributed by atoms with Gasteiger partial charge in [0.15, 0.2) is 6.61 Å². The first-order chi connectivity index (χ1) is 15.0. The Kier molecular flexibility index (Phi) is 7.78. The van der Waals surface area contributed by atoms with E-state index >= 15 is 0 Å². The lowest BCUT2D eigenvalue weighted by molar-refractivity contribution is -0.118. The van der Waals surface area contributed by atoms with Crippen LogP contribution < -0.4 is 20.7 Å². The van der Waals surface area contributed by atoms with Gasteiger partial charge in [-0.25, -0.2) is 0 Å². The Morgan fingerprint density at radius 1 is 0.903 bits per heavy atom. The summed E-state index contributed by atoms with van der Waals surface area (Å²) in [5.74, 6) is -0.0734. The number of ether oxygens (including phenoxy) is 1. The molecule has 0 unspecified atom stereocenters. The second kappa shape index (κ2) is 10.9. The van der Waals surface area contributed by atoms with Crippen LogP contribution in [0.25, 0.3) is 0 Å². The normalized spacial score (nSPS) is 10.2. The molecule has 0 aliphatic rings. The summed E-state index contributed by atoms with van der Waals surface area (Å²) in [5.41, 5.74) is 2.08. The maximum absolute atomic E-state index is 12.2. The number of benzene rings is 2. The Morgan fingerprint density at radius 2 is 1.65 bits per heavy atom. The first-order valence-electron chi connectivity index (χ1n) is 9.70. The average molecular weight is 438 g/mol. The van der Waals surface area contributed by atoms with E-state index in [0.29, 0.717) is 35.0 Å². The van der Waals surface area contributed by atoms with Crippen molar-refractivity contribution in [3.63, 3.8) is 0 Å². The van der Waals surface area contributed by atoms with E-state index in [1.54, 1.807) is 36.4 Å². The summed E-state index contributed by atoms with van der Waals surface area (Å²) in [4.78, 5) is 36.7. The number of hydrogen-bond donors (Lipinski definition) is 3. The molecule has 0 aliphatic carbocycles. The molecule has 3 amide bonds. The maximum Gasteiger partial charge on any atom is 0.262 e. The van der Waals surface area contributed by atoms with Crippen LogP contribution in [0.4, 0.5) is 5.69 Å². The fourth-order valence-electron chi connectivity index (χ4n) is 2.71. The number of hydrogen-bond acceptors (Lipinski definition) is 5. The molecule has 160 valence electrons. The Labute approximate surface area is 184 Å². The predicted octanol–water partition coefficient (Wildman–Crippen LogP) is 3.23. The van der Waals surface area contributed by atoms with E-state index in [2.05, 4.69) is 16.0 Å². The van der Waals surface area contributed by atoms with Crippen molar-refractivity contribution in [1.82, 2.24) is 10.6 Å². The van der Waals surface area contributed by atoms with Gasteiger partial charge in [0.05, 0.1) is 4.88 Å². The molecule has 0 atom stereocenters. The molecule has 8 heteroatoms. The summed E-state index contributed by atoms with van der Waals surface area (Å²) in [5, 5.41) is 10.1. The fourth-order valence-corrected chi connectivity index (χ4v) is 3.35. The minimum Gasteiger partial charge on any atom is -0.484 e. The van der Waals surface area contributed by atoms with E-state index in [-0.39, 0.29) is 24.3 Å². The van der Waals surface area contributed by atoms with Crippen molar-refractivity contribution < 1.29 is 19.1 Å². The largest absolute Gasteiger partial charge is 0.484 e. The summed E-state index contributed by atoms with van der Waals surface area (Å²) in [6, 6.07) is 17.6. The first-order valence-corrected chi connectivity index (χ1v) is 10.6. The van der Waals surface area contributed by atoms with Crippen molar-refractivity contribution in [2.24, 2.45) is 0 Å². The van der Waals surface area contributed by atoms with Crippen LogP contribution in [0.1, 0.15) is 25.6 Å². The summed E-state index contributed by atoms with van der Waals surface area (Å²) in [6.45, 7) is 2.48. The SMILES string of the molecule is Cc1cccc(OCC(=O)Nc2ccc(C(=O)NCCNC(=O)c3cccs3)cc2)c1. The Bertz CT molecular complexity index is 1030. The van der Waals surface area contributed by atoms with Crippen LogP contribution in [0.2, 0.25) is 0 Å². The van der Waals surface area contributed by atoms with Crippen LogP contribution in [0.3, 0.4) is 0 Å². The smallest absolute Gasteiger partial charge is 0.262 e. The van der Waals surface area contributed by atoms with Gasteiger partial charge in [-0.2, -0.15) is 0 Å². The van der Waals surface area contributed by atoms with E-state index in [1.807, 2.05) is 36.6 Å². The quantitative estimate of drug-likeness (QED) is 0.448. The van der Waals surface area contributed by atoms with Gasteiger partial charge in [0.25, 0.3) is 17.7 Å². The number of nitrogens with one attached hydrogen (secondary N) is 3. The number of thiophene rings is 1. The second-order valence-corrected chi connectivity index (χ2v) is 7.67. The number of amides is 3. The highest BCUT2D eigenvalue weighted by molar-refractivity contribution is 7.12. The number of aryl methyl sites for hydroxylation is 1. The molecule has 3 rings (SSSR count). The average Bonchev–Trinajstić information content (AvgIpc) is 3.31. The lowest BCUT2D eigenvalue weighted by Gasteiger charge is -2.09. The zero-order valence-electron chi connectivity index (χ0n) is 17.0. The highest BCUT2D eigenvalue weighted by Crippen LogP contribution is 2.13. The molecule has 0 bridgehead atoms. The molecular weight excluding hydrogens is 414 g/mol. The number of carbonyl (C=O) groups excluding carboxylic acids is 3. The van der Waals surface area contributed by atoms with Crippen LogP contribution in [0, 0.1) is 6.92 Å². The number of rotatable bonds is 9. The number of anilines is 1. The molecule has 0 saturated heterocycles. The van der Waals surface area contributed by atoms with Gasteiger partial charge >= 0.3 is 0 Å². The van der Waals surface area contributed by atoms with Crippen molar-refractivity contribution in [3.8, 4) is 5.75 Å². The van der Waals surface area contributed by atoms with Crippen molar-refractivity contribution >= 4 is 34.7 Å². The number of carbonyl (C=O) groups is 3. The van der Waals surface area contributed by atoms with Gasteiger partial charge in [-0.15, -0.1) is 11.3 Å². The summed E-state index contributed by atoms with van der Waals surface area (Å²) < 4.78 is 5.47. The van der Waals surface area contributed by atoms with Crippen molar-refractivity contribution in [2.75, 3.05) is 25.0 Å². The summed E-state index contributed by atoms with van der Waals surface area (Å²) >= 11 is 1.36. The van der Waals surface area contributed by atoms with Gasteiger partial charge in [-0.05, 0) is 60.3 Å². The van der Waals surface area contributed by atoms with Gasteiger partial charge in [-0.3, -0.25) is 14.4 Å².